The lowest BCUT2D eigenvalue weighted by Crippen LogP contribution is -2.31. The number of nitrogens with one attached hydrogen (secondary N) is 1. The molecule has 1 aromatic heterocycles. The summed E-state index contributed by atoms with van der Waals surface area (Å²) >= 11 is 0. The second-order valence-corrected chi connectivity index (χ2v) is 8.10. The molecular weight excluding hydrogens is 451 g/mol. The topological polar surface area (TPSA) is 96.7 Å². The Labute approximate surface area is 199 Å². The summed E-state index contributed by atoms with van der Waals surface area (Å²) in [4.78, 5) is 51.9. The van der Waals surface area contributed by atoms with E-state index in [2.05, 4.69) is 5.32 Å². The Morgan fingerprint density at radius 2 is 1.49 bits per heavy atom. The maximum Gasteiger partial charge on any atom is 0.261 e. The van der Waals surface area contributed by atoms with Gasteiger partial charge in [0.1, 0.15) is 11.4 Å². The minimum Gasteiger partial charge on any atom is -0.450 e. The maximum atomic E-state index is 13.3. The molecule has 0 unspecified atom stereocenters. The summed E-state index contributed by atoms with van der Waals surface area (Å²) in [7, 11) is 0. The minimum atomic E-state index is -0.498. The highest BCUT2D eigenvalue weighted by Crippen LogP contribution is 2.33. The highest BCUT2D eigenvalue weighted by molar-refractivity contribution is 6.21. The Morgan fingerprint density at radius 3 is 2.17 bits per heavy atom. The van der Waals surface area contributed by atoms with E-state index in [1.807, 2.05) is 0 Å². The zero-order chi connectivity index (χ0) is 24.5. The van der Waals surface area contributed by atoms with Crippen molar-refractivity contribution in [2.24, 2.45) is 0 Å². The number of fused-ring (bicyclic) bond motifs is 2. The fourth-order valence-electron chi connectivity index (χ4n) is 4.10. The average Bonchev–Trinajstić information content (AvgIpc) is 3.35. The number of hydrogen-bond acceptors (Lipinski definition) is 5. The Morgan fingerprint density at radius 1 is 0.857 bits per heavy atom. The Bertz CT molecular complexity index is 1450. The van der Waals surface area contributed by atoms with E-state index in [0.717, 1.165) is 4.90 Å². The molecule has 1 aliphatic rings. The number of anilines is 1. The van der Waals surface area contributed by atoms with Gasteiger partial charge in [-0.1, -0.05) is 24.3 Å². The number of furan rings is 1. The largest absolute Gasteiger partial charge is 0.450 e. The van der Waals surface area contributed by atoms with Crippen LogP contribution in [0.2, 0.25) is 0 Å². The van der Waals surface area contributed by atoms with Crippen LogP contribution in [0.15, 0.2) is 77.2 Å². The van der Waals surface area contributed by atoms with Crippen molar-refractivity contribution >= 4 is 40.2 Å². The third-order valence-corrected chi connectivity index (χ3v) is 5.84. The van der Waals surface area contributed by atoms with Crippen LogP contribution in [0.5, 0.6) is 0 Å². The number of nitrogens with zero attached hydrogens (tertiary/aromatic N) is 1. The molecule has 35 heavy (non-hydrogen) atoms. The van der Waals surface area contributed by atoms with Gasteiger partial charge in [-0.15, -0.1) is 0 Å². The molecule has 1 aliphatic heterocycles. The first-order chi connectivity index (χ1) is 16.9. The summed E-state index contributed by atoms with van der Waals surface area (Å²) in [6.07, 6.45) is 0.255. The SMILES string of the molecule is O=C(CCCN1C(=O)c2ccccc2C1=O)Nc1c(C(=O)c2ccc(F)cc2)oc2ccccc12. The fourth-order valence-corrected chi connectivity index (χ4v) is 4.10. The number of halogens is 1. The van der Waals surface area contributed by atoms with Gasteiger partial charge in [-0.25, -0.2) is 4.39 Å². The van der Waals surface area contributed by atoms with E-state index in [-0.39, 0.29) is 48.2 Å². The van der Waals surface area contributed by atoms with Gasteiger partial charge in [-0.2, -0.15) is 0 Å². The van der Waals surface area contributed by atoms with E-state index in [9.17, 15) is 23.6 Å². The minimum absolute atomic E-state index is 0.0110. The maximum absolute atomic E-state index is 13.3. The van der Waals surface area contributed by atoms with Crippen LogP contribution in [-0.4, -0.2) is 34.9 Å². The highest BCUT2D eigenvalue weighted by atomic mass is 19.1. The zero-order valence-corrected chi connectivity index (χ0v) is 18.4. The summed E-state index contributed by atoms with van der Waals surface area (Å²) in [5.41, 5.74) is 1.57. The van der Waals surface area contributed by atoms with Crippen molar-refractivity contribution in [2.45, 2.75) is 12.8 Å². The van der Waals surface area contributed by atoms with Crippen LogP contribution in [0.1, 0.15) is 49.7 Å². The van der Waals surface area contributed by atoms with Gasteiger partial charge < -0.3 is 9.73 Å². The standard InChI is InChI=1S/C27H19FN2O5/c28-17-13-11-16(12-14-17)24(32)25-23(20-8-3-4-9-21(20)35-25)29-22(31)10-5-15-30-26(33)18-6-1-2-7-19(18)27(30)34/h1-4,6-9,11-14H,5,10,15H2,(H,29,31). The monoisotopic (exact) mass is 470 g/mol. The van der Waals surface area contributed by atoms with E-state index >= 15 is 0 Å². The molecule has 2 heterocycles. The van der Waals surface area contributed by atoms with Crippen molar-refractivity contribution < 1.29 is 28.0 Å². The van der Waals surface area contributed by atoms with Gasteiger partial charge in [0.25, 0.3) is 11.8 Å². The second kappa shape index (κ2) is 8.98. The van der Waals surface area contributed by atoms with Crippen LogP contribution < -0.4 is 5.32 Å². The van der Waals surface area contributed by atoms with Crippen LogP contribution in [-0.2, 0) is 4.79 Å². The zero-order valence-electron chi connectivity index (χ0n) is 18.4. The van der Waals surface area contributed by atoms with Crippen molar-refractivity contribution in [1.82, 2.24) is 4.90 Å². The van der Waals surface area contributed by atoms with E-state index < -0.39 is 17.5 Å². The van der Waals surface area contributed by atoms with Gasteiger partial charge in [0, 0.05) is 23.9 Å². The summed E-state index contributed by atoms with van der Waals surface area (Å²) in [6.45, 7) is 0.0905. The van der Waals surface area contributed by atoms with E-state index in [4.69, 9.17) is 4.42 Å². The lowest BCUT2D eigenvalue weighted by molar-refractivity contribution is -0.116. The van der Waals surface area contributed by atoms with Crippen molar-refractivity contribution in [2.75, 3.05) is 11.9 Å². The number of carbonyl (C=O) groups excluding carboxylic acids is 4. The van der Waals surface area contributed by atoms with E-state index in [1.54, 1.807) is 48.5 Å². The number of imide groups is 1. The first kappa shape index (κ1) is 22.2. The molecule has 0 saturated carbocycles. The molecule has 0 saturated heterocycles. The number of para-hydroxylation sites is 1. The van der Waals surface area contributed by atoms with E-state index in [1.165, 1.54) is 24.3 Å². The molecule has 5 rings (SSSR count). The van der Waals surface area contributed by atoms with Gasteiger partial charge in [-0.3, -0.25) is 24.1 Å². The van der Waals surface area contributed by atoms with Crippen molar-refractivity contribution in [3.63, 3.8) is 0 Å². The molecule has 3 aromatic carbocycles. The summed E-state index contributed by atoms with van der Waals surface area (Å²) in [5, 5.41) is 3.29. The number of rotatable bonds is 7. The Balaban J connectivity index is 1.30. The first-order valence-electron chi connectivity index (χ1n) is 11.0. The van der Waals surface area contributed by atoms with Gasteiger partial charge in [0.2, 0.25) is 11.7 Å². The quantitative estimate of drug-likeness (QED) is 0.309. The van der Waals surface area contributed by atoms with Crippen molar-refractivity contribution in [3.8, 4) is 0 Å². The first-order valence-corrected chi connectivity index (χ1v) is 11.0. The average molecular weight is 470 g/mol. The molecule has 0 atom stereocenters. The molecule has 7 nitrogen and oxygen atoms in total. The molecule has 4 aromatic rings. The van der Waals surface area contributed by atoms with Crippen LogP contribution in [0.4, 0.5) is 10.1 Å². The van der Waals surface area contributed by atoms with Crippen LogP contribution in [0.25, 0.3) is 11.0 Å². The van der Waals surface area contributed by atoms with Crippen LogP contribution in [0, 0.1) is 5.82 Å². The van der Waals surface area contributed by atoms with Crippen molar-refractivity contribution in [3.05, 3.63) is 101 Å². The van der Waals surface area contributed by atoms with Gasteiger partial charge in [0.05, 0.1) is 16.8 Å². The van der Waals surface area contributed by atoms with E-state index in [0.29, 0.717) is 22.1 Å². The Hall–Kier alpha value is -4.59. The summed E-state index contributed by atoms with van der Waals surface area (Å²) in [5.74, 6) is -2.19. The number of ketones is 1. The highest BCUT2D eigenvalue weighted by Gasteiger charge is 2.34. The number of amides is 3. The number of hydrogen-bond donors (Lipinski definition) is 1. The third kappa shape index (κ3) is 4.10. The lowest BCUT2D eigenvalue weighted by Gasteiger charge is -2.13. The number of benzene rings is 3. The summed E-state index contributed by atoms with van der Waals surface area (Å²) < 4.78 is 19.0. The van der Waals surface area contributed by atoms with Gasteiger partial charge >= 0.3 is 0 Å². The number of carbonyl (C=O) groups is 4. The van der Waals surface area contributed by atoms with Gasteiger partial charge in [0.15, 0.2) is 5.76 Å². The fraction of sp³-hybridized carbons (Fsp3) is 0.111. The van der Waals surface area contributed by atoms with Crippen molar-refractivity contribution in [1.29, 1.82) is 0 Å². The second-order valence-electron chi connectivity index (χ2n) is 8.10. The predicted octanol–water partition coefficient (Wildman–Crippen LogP) is 4.82. The molecule has 0 fully saturated rings. The van der Waals surface area contributed by atoms with Crippen LogP contribution >= 0.6 is 0 Å². The molecule has 0 aliphatic carbocycles. The van der Waals surface area contributed by atoms with Crippen LogP contribution in [0.3, 0.4) is 0 Å². The molecule has 3 amide bonds. The molecule has 1 N–H and O–H groups in total. The Kier molecular flexibility index (Phi) is 5.70. The smallest absolute Gasteiger partial charge is 0.261 e. The molecular formula is C27H19FN2O5. The predicted molar refractivity (Wildman–Crippen MR) is 126 cm³/mol. The molecule has 0 bridgehead atoms. The third-order valence-electron chi connectivity index (χ3n) is 5.84. The molecule has 0 radical (unpaired) electrons. The van der Waals surface area contributed by atoms with Gasteiger partial charge in [-0.05, 0) is 55.0 Å². The molecule has 0 spiro atoms. The molecule has 8 heteroatoms. The lowest BCUT2D eigenvalue weighted by atomic mass is 10.1. The summed E-state index contributed by atoms with van der Waals surface area (Å²) in [6, 6.07) is 18.5. The molecule has 174 valence electrons. The normalized spacial score (nSPS) is 12.8.